The molecule has 0 aromatic heterocycles. The number of fused-ring (bicyclic) bond motifs is 1. The Morgan fingerprint density at radius 2 is 1.52 bits per heavy atom. The monoisotopic (exact) mass is 459 g/mol. The summed E-state index contributed by atoms with van der Waals surface area (Å²) in [6.07, 6.45) is 14.7. The minimum Gasteiger partial charge on any atom is -0.374 e. The first-order valence-corrected chi connectivity index (χ1v) is 13.5. The quantitative estimate of drug-likeness (QED) is 0.299. The summed E-state index contributed by atoms with van der Waals surface area (Å²) in [6, 6.07) is 0. The van der Waals surface area contributed by atoms with Gasteiger partial charge in [-0.05, 0) is 56.3 Å². The van der Waals surface area contributed by atoms with E-state index < -0.39 is 0 Å². The summed E-state index contributed by atoms with van der Waals surface area (Å²) < 4.78 is 0. The number of rotatable bonds is 3. The molecule has 1 nitrogen and oxygen atoms in total. The van der Waals surface area contributed by atoms with Crippen LogP contribution in [0.3, 0.4) is 0 Å². The lowest BCUT2D eigenvalue weighted by molar-refractivity contribution is 0.0670. The third kappa shape index (κ3) is 18.7. The van der Waals surface area contributed by atoms with Crippen LogP contribution in [0.2, 0.25) is 0 Å². The fourth-order valence-electron chi connectivity index (χ4n) is 3.73. The van der Waals surface area contributed by atoms with Gasteiger partial charge in [0.1, 0.15) is 0 Å². The van der Waals surface area contributed by atoms with Crippen LogP contribution in [-0.4, -0.2) is 18.0 Å². The van der Waals surface area contributed by atoms with Gasteiger partial charge in [0.25, 0.3) is 0 Å². The van der Waals surface area contributed by atoms with Gasteiger partial charge >= 0.3 is 0 Å². The lowest BCUT2D eigenvalue weighted by Gasteiger charge is -2.48. The van der Waals surface area contributed by atoms with E-state index in [1.165, 1.54) is 56.5 Å². The molecule has 0 amide bonds. The van der Waals surface area contributed by atoms with Crippen LogP contribution >= 0.6 is 0 Å². The average Bonchev–Trinajstić information content (AvgIpc) is 2.79. The highest BCUT2D eigenvalue weighted by atomic mass is 15.1. The van der Waals surface area contributed by atoms with E-state index in [-0.39, 0.29) is 0 Å². The molecule has 2 fully saturated rings. The zero-order chi connectivity index (χ0) is 26.6. The van der Waals surface area contributed by atoms with E-state index in [0.717, 1.165) is 18.3 Å². The zero-order valence-electron chi connectivity index (χ0n) is 24.7. The molecule has 1 saturated carbocycles. The maximum absolute atomic E-state index is 4.92. The Labute approximate surface area is 211 Å². The second-order valence-electron chi connectivity index (χ2n) is 10.6. The molecular weight excluding hydrogens is 398 g/mol. The standard InChI is InChI=1S/C16H27N.C6H14.C5H8.C3H6.C2H6/c1-5-13(4)17-10-14-8-6-7-9-15(14)16(11-17)12(2)3;1-5-6(2,3)4;1-4-5(2)3;1-3-2;1-2/h14-16H,2,4-11H2,1,3H3;5H2,1-4H3;1,5H,2-3H3;3H,1H2,2H3;1-2H3. The predicted molar refractivity (Wildman–Crippen MR) is 155 cm³/mol. The van der Waals surface area contributed by atoms with Gasteiger partial charge in [0, 0.05) is 24.7 Å². The Hall–Kier alpha value is -1.42. The van der Waals surface area contributed by atoms with Crippen molar-refractivity contribution in [2.24, 2.45) is 29.1 Å². The van der Waals surface area contributed by atoms with Gasteiger partial charge in [-0.1, -0.05) is 106 Å². The van der Waals surface area contributed by atoms with Crippen LogP contribution in [0.5, 0.6) is 0 Å². The summed E-state index contributed by atoms with van der Waals surface area (Å²) in [5, 5.41) is 0. The van der Waals surface area contributed by atoms with Crippen molar-refractivity contribution in [1.82, 2.24) is 4.90 Å². The van der Waals surface area contributed by atoms with Gasteiger partial charge in [-0.2, -0.15) is 0 Å². The first-order valence-electron chi connectivity index (χ1n) is 13.5. The third-order valence-electron chi connectivity index (χ3n) is 6.24. The molecule has 2 aliphatic rings. The van der Waals surface area contributed by atoms with E-state index in [0.29, 0.717) is 17.3 Å². The molecule has 1 saturated heterocycles. The topological polar surface area (TPSA) is 3.24 Å². The fraction of sp³-hybridized carbons (Fsp3) is 0.750. The van der Waals surface area contributed by atoms with Crippen LogP contribution in [-0.2, 0) is 0 Å². The molecule has 0 spiro atoms. The largest absolute Gasteiger partial charge is 0.374 e. The highest BCUT2D eigenvalue weighted by Gasteiger charge is 2.38. The molecule has 1 aliphatic carbocycles. The maximum atomic E-state index is 4.92. The van der Waals surface area contributed by atoms with Crippen molar-refractivity contribution in [2.75, 3.05) is 13.1 Å². The Morgan fingerprint density at radius 1 is 1.09 bits per heavy atom. The summed E-state index contributed by atoms with van der Waals surface area (Å²) in [5.41, 5.74) is 3.25. The summed E-state index contributed by atoms with van der Waals surface area (Å²) >= 11 is 0. The normalized spacial score (nSPS) is 20.9. The lowest BCUT2D eigenvalue weighted by Crippen LogP contribution is -2.47. The highest BCUT2D eigenvalue weighted by Crippen LogP contribution is 2.42. The molecule has 1 heterocycles. The van der Waals surface area contributed by atoms with E-state index >= 15 is 0 Å². The number of piperidine rings is 1. The van der Waals surface area contributed by atoms with Gasteiger partial charge in [-0.25, -0.2) is 0 Å². The van der Waals surface area contributed by atoms with Gasteiger partial charge in [0.05, 0.1) is 0 Å². The smallest absolute Gasteiger partial charge is 0.0243 e. The predicted octanol–water partition coefficient (Wildman–Crippen LogP) is 10.2. The van der Waals surface area contributed by atoms with Gasteiger partial charge < -0.3 is 4.90 Å². The number of terminal acetylenes is 1. The SMILES string of the molecule is C#CC(C)C.C=C(C)C1CN(C(=C)CC)CC2CCCCC21.C=CC.CC.CCC(C)(C)C. The number of nitrogens with zero attached hydrogens (tertiary/aromatic N) is 1. The number of allylic oxidation sites excluding steroid dienone is 2. The Bertz CT molecular complexity index is 540. The summed E-state index contributed by atoms with van der Waals surface area (Å²) in [4.78, 5) is 2.53. The van der Waals surface area contributed by atoms with Crippen LogP contribution in [0, 0.1) is 41.4 Å². The Balaban J connectivity index is -0.000000466. The molecule has 3 atom stereocenters. The van der Waals surface area contributed by atoms with Crippen LogP contribution in [0.15, 0.2) is 37.1 Å². The third-order valence-corrected chi connectivity index (χ3v) is 6.24. The van der Waals surface area contributed by atoms with E-state index in [2.05, 4.69) is 72.1 Å². The van der Waals surface area contributed by atoms with E-state index in [1.807, 2.05) is 34.6 Å². The molecule has 1 aliphatic heterocycles. The van der Waals surface area contributed by atoms with Crippen LogP contribution in [0.25, 0.3) is 0 Å². The Kier molecular flexibility index (Phi) is 23.2. The van der Waals surface area contributed by atoms with E-state index in [9.17, 15) is 0 Å². The van der Waals surface area contributed by atoms with Crippen molar-refractivity contribution in [3.8, 4) is 12.3 Å². The Morgan fingerprint density at radius 3 is 1.85 bits per heavy atom. The summed E-state index contributed by atoms with van der Waals surface area (Å²) in [7, 11) is 0. The minimum atomic E-state index is 0.412. The molecular formula is C32H61N. The summed E-state index contributed by atoms with van der Waals surface area (Å²) in [5.74, 6) is 5.44. The van der Waals surface area contributed by atoms with Crippen LogP contribution < -0.4 is 0 Å². The fourth-order valence-corrected chi connectivity index (χ4v) is 3.73. The summed E-state index contributed by atoms with van der Waals surface area (Å²) in [6.45, 7) is 37.5. The molecule has 0 radical (unpaired) electrons. The number of hydrogen-bond donors (Lipinski definition) is 0. The van der Waals surface area contributed by atoms with Crippen LogP contribution in [0.1, 0.15) is 115 Å². The molecule has 2 rings (SSSR count). The van der Waals surface area contributed by atoms with Crippen molar-refractivity contribution < 1.29 is 0 Å². The molecule has 33 heavy (non-hydrogen) atoms. The van der Waals surface area contributed by atoms with Crippen molar-refractivity contribution in [2.45, 2.75) is 115 Å². The molecule has 194 valence electrons. The highest BCUT2D eigenvalue weighted by molar-refractivity contribution is 5.08. The van der Waals surface area contributed by atoms with Crippen molar-refractivity contribution in [1.29, 1.82) is 0 Å². The van der Waals surface area contributed by atoms with Gasteiger partial charge in [-0.15, -0.1) is 18.9 Å². The molecule has 0 aromatic carbocycles. The number of hydrogen-bond acceptors (Lipinski definition) is 1. The first kappa shape index (κ1) is 36.2. The van der Waals surface area contributed by atoms with Crippen LogP contribution in [0.4, 0.5) is 0 Å². The molecule has 0 aromatic rings. The lowest BCUT2D eigenvalue weighted by atomic mass is 9.68. The van der Waals surface area contributed by atoms with E-state index in [1.54, 1.807) is 6.08 Å². The van der Waals surface area contributed by atoms with Gasteiger partial charge in [0.2, 0.25) is 0 Å². The van der Waals surface area contributed by atoms with E-state index in [4.69, 9.17) is 6.42 Å². The molecule has 0 bridgehead atoms. The van der Waals surface area contributed by atoms with Gasteiger partial charge in [0.15, 0.2) is 0 Å². The molecule has 1 heteroatoms. The van der Waals surface area contributed by atoms with Gasteiger partial charge in [-0.3, -0.25) is 0 Å². The zero-order valence-corrected chi connectivity index (χ0v) is 24.7. The van der Waals surface area contributed by atoms with Crippen molar-refractivity contribution in [3.63, 3.8) is 0 Å². The molecule has 3 unspecified atom stereocenters. The average molecular weight is 460 g/mol. The second kappa shape index (κ2) is 21.1. The first-order chi connectivity index (χ1) is 15.4. The maximum Gasteiger partial charge on any atom is 0.0243 e. The minimum absolute atomic E-state index is 0.412. The van der Waals surface area contributed by atoms with Crippen molar-refractivity contribution in [3.05, 3.63) is 37.1 Å². The molecule has 0 N–H and O–H groups in total. The van der Waals surface area contributed by atoms with Crippen molar-refractivity contribution >= 4 is 0 Å². The second-order valence-corrected chi connectivity index (χ2v) is 10.6. The number of likely N-dealkylation sites (tertiary alicyclic amines) is 1.